The first-order valence-electron chi connectivity index (χ1n) is 19.0. The normalized spacial score (nSPS) is 18.8. The Morgan fingerprint density at radius 3 is 2.33 bits per heavy atom. The number of fused-ring (bicyclic) bond motifs is 1. The summed E-state index contributed by atoms with van der Waals surface area (Å²) in [7, 11) is 0. The van der Waals surface area contributed by atoms with Gasteiger partial charge in [-0.05, 0) is 102 Å². The Hall–Kier alpha value is -5.28. The van der Waals surface area contributed by atoms with Crippen LogP contribution < -0.4 is 22.1 Å². The van der Waals surface area contributed by atoms with Gasteiger partial charge < -0.3 is 35.8 Å². The number of halogens is 4. The number of carbonyl (C=O) groups excluding carboxylic acids is 5. The molecule has 6 rings (SSSR count). The third-order valence-electron chi connectivity index (χ3n) is 9.72. The molecule has 1 aromatic heterocycles. The number of hydrogen-bond acceptors (Lipinski definition) is 7. The lowest BCUT2D eigenvalue weighted by Gasteiger charge is -2.22. The molecule has 2 heterocycles. The molecule has 0 radical (unpaired) electrons. The lowest BCUT2D eigenvalue weighted by atomic mass is 10.2. The smallest absolute Gasteiger partial charge is 0.376 e. The van der Waals surface area contributed by atoms with Crippen LogP contribution >= 0.6 is 0 Å². The van der Waals surface area contributed by atoms with E-state index in [4.69, 9.17) is 15.3 Å². The summed E-state index contributed by atoms with van der Waals surface area (Å²) in [4.78, 5) is 66.7. The van der Waals surface area contributed by atoms with Crippen molar-refractivity contribution in [3.63, 3.8) is 0 Å². The summed E-state index contributed by atoms with van der Waals surface area (Å²) in [5.74, 6) is -1.37. The molecule has 3 unspecified atom stereocenters. The van der Waals surface area contributed by atoms with Crippen molar-refractivity contribution >= 4 is 48.0 Å². The van der Waals surface area contributed by atoms with Crippen LogP contribution in [0.25, 0.3) is 11.0 Å². The van der Waals surface area contributed by atoms with Gasteiger partial charge >= 0.3 is 11.9 Å². The van der Waals surface area contributed by atoms with Crippen molar-refractivity contribution in [2.24, 2.45) is 17.6 Å². The molecule has 0 bridgehead atoms. The van der Waals surface area contributed by atoms with Gasteiger partial charge in [0.1, 0.15) is 25.4 Å². The number of benzene rings is 2. The number of carbonyl (C=O) groups is 5. The quantitative estimate of drug-likeness (QED) is 0.0895. The fourth-order valence-electron chi connectivity index (χ4n) is 6.29. The SMILES string of the molecule is C=O.C=O.CC(C)n1c(=O)[nH]c2ccccc21.CCCCC/C=C\C1CC1C(=O)NC1(C)CC1.NC(=O)C1CCCN1C(=O)CNc1ccc(F)c(C(F)(F)F)c1. The number of para-hydroxylation sites is 2. The Morgan fingerprint density at radius 1 is 1.07 bits per heavy atom. The van der Waals surface area contributed by atoms with Crippen molar-refractivity contribution < 1.29 is 41.5 Å². The number of unbranched alkanes of at least 4 members (excludes halogenated alkanes) is 3. The van der Waals surface area contributed by atoms with E-state index in [1.54, 1.807) is 4.57 Å². The molecule has 2 saturated carbocycles. The lowest BCUT2D eigenvalue weighted by molar-refractivity contribution is -0.140. The summed E-state index contributed by atoms with van der Waals surface area (Å²) in [5.41, 5.74) is 5.74. The van der Waals surface area contributed by atoms with E-state index in [0.717, 1.165) is 36.4 Å². The number of primary amides is 1. The molecule has 0 spiro atoms. The van der Waals surface area contributed by atoms with E-state index < -0.39 is 35.4 Å². The Balaban J connectivity index is 0.000000292. The van der Waals surface area contributed by atoms with Crippen LogP contribution in [0, 0.1) is 17.7 Å². The van der Waals surface area contributed by atoms with Gasteiger partial charge in [-0.25, -0.2) is 9.18 Å². The standard InChI is InChI=1S/C15H25NO.C14H15F4N3O2.C10H12N2O.2CH2O/c1-3-4-5-6-7-8-12-11-13(12)14(17)16-15(2)9-10-15;15-10-4-3-8(6-9(10)14(16,17)18)20-7-12(22)21-5-1-2-11(21)13(19)23;1-7(2)12-9-6-4-3-5-8(9)11-10(12)13;2*1-2/h7-8,12-13H,3-6,9-11H2,1-2H3,(H,16,17);3-4,6,11,20H,1-2,5,7H2,(H2,19,23);3-7H,1-2H3,(H,11,13);2*1H2/b8-7-;;;;. The van der Waals surface area contributed by atoms with Gasteiger partial charge in [-0.2, -0.15) is 13.2 Å². The van der Waals surface area contributed by atoms with Crippen LogP contribution in [0.3, 0.4) is 0 Å². The first kappa shape index (κ1) is 47.9. The number of nitrogens with two attached hydrogens (primary N) is 1. The number of imidazole rings is 1. The Labute approximate surface area is 330 Å². The van der Waals surface area contributed by atoms with Crippen molar-refractivity contribution in [2.75, 3.05) is 18.4 Å². The first-order valence-corrected chi connectivity index (χ1v) is 19.0. The molecule has 3 atom stereocenters. The molecular formula is C41H56F4N6O6. The zero-order chi connectivity index (χ0) is 42.9. The number of aromatic amines is 1. The molecule has 3 amide bonds. The monoisotopic (exact) mass is 804 g/mol. The number of amides is 3. The van der Waals surface area contributed by atoms with Crippen molar-refractivity contribution in [2.45, 2.75) is 109 Å². The van der Waals surface area contributed by atoms with Gasteiger partial charge in [0, 0.05) is 29.7 Å². The van der Waals surface area contributed by atoms with Gasteiger partial charge in [0.2, 0.25) is 17.7 Å². The summed E-state index contributed by atoms with van der Waals surface area (Å²) in [5, 5.41) is 5.67. The van der Waals surface area contributed by atoms with Crippen molar-refractivity contribution in [1.82, 2.24) is 19.8 Å². The molecule has 1 aliphatic heterocycles. The van der Waals surface area contributed by atoms with Gasteiger partial charge in [-0.1, -0.05) is 44.1 Å². The zero-order valence-corrected chi connectivity index (χ0v) is 33.1. The molecule has 3 aliphatic rings. The maximum absolute atomic E-state index is 13.2. The van der Waals surface area contributed by atoms with Gasteiger partial charge in [0.15, 0.2) is 0 Å². The molecule has 16 heteroatoms. The Kier molecular flexibility index (Phi) is 18.9. The molecule has 2 aromatic carbocycles. The molecule has 314 valence electrons. The number of anilines is 1. The number of rotatable bonds is 12. The first-order chi connectivity index (χ1) is 27.0. The Bertz CT molecular complexity index is 1850. The van der Waals surface area contributed by atoms with Gasteiger partial charge in [0.25, 0.3) is 0 Å². The van der Waals surface area contributed by atoms with E-state index in [1.165, 1.54) is 30.6 Å². The van der Waals surface area contributed by atoms with Crippen molar-refractivity contribution in [3.8, 4) is 0 Å². The summed E-state index contributed by atoms with van der Waals surface area (Å²) in [6.45, 7) is 12.4. The highest BCUT2D eigenvalue weighted by Crippen LogP contribution is 2.42. The highest BCUT2D eigenvalue weighted by molar-refractivity contribution is 5.89. The summed E-state index contributed by atoms with van der Waals surface area (Å²) in [6, 6.07) is 9.61. The third-order valence-corrected chi connectivity index (χ3v) is 9.72. The number of H-pyrrole nitrogens is 1. The summed E-state index contributed by atoms with van der Waals surface area (Å²) in [6.07, 6.45) is 9.24. The summed E-state index contributed by atoms with van der Waals surface area (Å²) >= 11 is 0. The second kappa shape index (κ2) is 22.5. The Morgan fingerprint density at radius 2 is 1.74 bits per heavy atom. The minimum absolute atomic E-state index is 0.0313. The average molecular weight is 805 g/mol. The average Bonchev–Trinajstić information content (AvgIpc) is 4.01. The van der Waals surface area contributed by atoms with Gasteiger partial charge in [-0.3, -0.25) is 19.0 Å². The topological polar surface area (TPSA) is 176 Å². The van der Waals surface area contributed by atoms with Crippen LogP contribution in [0.15, 0.2) is 59.4 Å². The van der Waals surface area contributed by atoms with Crippen LogP contribution in [0.2, 0.25) is 0 Å². The number of hydrogen-bond donors (Lipinski definition) is 4. The summed E-state index contributed by atoms with van der Waals surface area (Å²) < 4.78 is 52.8. The van der Waals surface area contributed by atoms with Crippen molar-refractivity contribution in [3.05, 3.63) is 76.5 Å². The van der Waals surface area contributed by atoms with Gasteiger partial charge in [-0.15, -0.1) is 0 Å². The molecule has 57 heavy (non-hydrogen) atoms. The second-order valence-corrected chi connectivity index (χ2v) is 14.6. The van der Waals surface area contributed by atoms with E-state index in [1.807, 2.05) is 51.7 Å². The van der Waals surface area contributed by atoms with Gasteiger partial charge in [0.05, 0.1) is 23.1 Å². The number of likely N-dealkylation sites (tertiary alicyclic amines) is 1. The number of allylic oxidation sites excluding steroid dienone is 2. The molecule has 3 aromatic rings. The highest BCUT2D eigenvalue weighted by atomic mass is 19.4. The number of aromatic nitrogens is 2. The molecule has 12 nitrogen and oxygen atoms in total. The maximum Gasteiger partial charge on any atom is 0.419 e. The second-order valence-electron chi connectivity index (χ2n) is 14.6. The number of nitrogens with zero attached hydrogens (tertiary/aromatic N) is 2. The van der Waals surface area contributed by atoms with E-state index in [-0.39, 0.29) is 41.3 Å². The van der Waals surface area contributed by atoms with Crippen LogP contribution in [-0.4, -0.2) is 70.4 Å². The predicted octanol–water partition coefficient (Wildman–Crippen LogP) is 6.70. The predicted molar refractivity (Wildman–Crippen MR) is 212 cm³/mol. The molecular weight excluding hydrogens is 748 g/mol. The van der Waals surface area contributed by atoms with Crippen LogP contribution in [0.5, 0.6) is 0 Å². The third kappa shape index (κ3) is 14.6. The molecule has 2 aliphatic carbocycles. The largest absolute Gasteiger partial charge is 0.419 e. The molecule has 1 saturated heterocycles. The fraction of sp³-hybridized carbons (Fsp3) is 0.512. The van der Waals surface area contributed by atoms with Crippen molar-refractivity contribution in [1.29, 1.82) is 0 Å². The van der Waals surface area contributed by atoms with E-state index in [2.05, 4.69) is 41.6 Å². The lowest BCUT2D eigenvalue weighted by Crippen LogP contribution is -2.45. The fourth-order valence-corrected chi connectivity index (χ4v) is 6.29. The highest BCUT2D eigenvalue weighted by Gasteiger charge is 2.46. The van der Waals surface area contributed by atoms with E-state index >= 15 is 0 Å². The van der Waals surface area contributed by atoms with Crippen LogP contribution in [0.1, 0.15) is 97.1 Å². The molecule has 5 N–H and O–H groups in total. The maximum atomic E-state index is 13.2. The molecule has 3 fully saturated rings. The van der Waals surface area contributed by atoms with Crippen LogP contribution in [0.4, 0.5) is 23.2 Å². The number of alkyl halides is 3. The number of nitrogens with one attached hydrogen (secondary N) is 3. The minimum Gasteiger partial charge on any atom is -0.376 e. The van der Waals surface area contributed by atoms with E-state index in [0.29, 0.717) is 37.4 Å². The zero-order valence-electron chi connectivity index (χ0n) is 33.1. The van der Waals surface area contributed by atoms with E-state index in [9.17, 15) is 36.7 Å². The minimum atomic E-state index is -4.82. The van der Waals surface area contributed by atoms with Crippen LogP contribution in [-0.2, 0) is 30.1 Å².